The highest BCUT2D eigenvalue weighted by Crippen LogP contribution is 2.20. The number of carbonyl (C=O) groups excluding carboxylic acids is 1. The van der Waals surface area contributed by atoms with Crippen LogP contribution in [0.2, 0.25) is 0 Å². The Morgan fingerprint density at radius 2 is 1.45 bits per heavy atom. The average molecular weight is 418 g/mol. The maximum atomic E-state index is 11.6. The van der Waals surface area contributed by atoms with Gasteiger partial charge in [-0.1, -0.05) is 42.5 Å². The lowest BCUT2D eigenvalue weighted by atomic mass is 10.1. The maximum absolute atomic E-state index is 11.6. The van der Waals surface area contributed by atoms with Crippen LogP contribution in [-0.4, -0.2) is 30.8 Å². The Balaban J connectivity index is 1.59. The van der Waals surface area contributed by atoms with Crippen LogP contribution in [0.1, 0.15) is 21.5 Å². The first kappa shape index (κ1) is 21.6. The van der Waals surface area contributed by atoms with E-state index in [9.17, 15) is 14.7 Å². The second-order valence-electron chi connectivity index (χ2n) is 6.62. The zero-order valence-electron chi connectivity index (χ0n) is 17.0. The lowest BCUT2D eigenvalue weighted by Crippen LogP contribution is -2.10. The second kappa shape index (κ2) is 10.6. The van der Waals surface area contributed by atoms with Crippen molar-refractivity contribution in [1.29, 1.82) is 0 Å². The number of esters is 1. The van der Waals surface area contributed by atoms with Gasteiger partial charge in [-0.2, -0.15) is 0 Å². The van der Waals surface area contributed by atoms with Gasteiger partial charge in [0.1, 0.15) is 24.7 Å². The quantitative estimate of drug-likeness (QED) is 0.404. The van der Waals surface area contributed by atoms with E-state index in [0.717, 1.165) is 5.56 Å². The zero-order chi connectivity index (χ0) is 22.1. The van der Waals surface area contributed by atoms with Gasteiger partial charge in [-0.05, 0) is 53.6 Å². The van der Waals surface area contributed by atoms with Gasteiger partial charge in [0.05, 0.1) is 18.2 Å². The summed E-state index contributed by atoms with van der Waals surface area (Å²) in [4.78, 5) is 23.1. The number of carboxylic acid groups (broad SMARTS) is 1. The highest BCUT2D eigenvalue weighted by atomic mass is 16.5. The molecule has 6 heteroatoms. The molecule has 0 saturated heterocycles. The molecule has 0 heterocycles. The minimum absolute atomic E-state index is 0.0789. The molecule has 0 unspecified atom stereocenters. The third-order valence-corrected chi connectivity index (χ3v) is 4.41. The van der Waals surface area contributed by atoms with Gasteiger partial charge in [-0.15, -0.1) is 0 Å². The second-order valence-corrected chi connectivity index (χ2v) is 6.62. The first-order valence-corrected chi connectivity index (χ1v) is 9.57. The van der Waals surface area contributed by atoms with E-state index in [1.165, 1.54) is 13.2 Å². The minimum Gasteiger partial charge on any atom is -0.489 e. The van der Waals surface area contributed by atoms with Gasteiger partial charge >= 0.3 is 11.9 Å². The predicted molar refractivity (Wildman–Crippen MR) is 116 cm³/mol. The standard InChI is InChI=1S/C25H22O6/c1-29-25(28)20-9-7-18(8-10-20)15-21(24(26)27)17-31-23-13-11-22(12-14-23)30-16-19-5-3-2-4-6-19/h2-15H,16-17H2,1H3,(H,26,27)/b21-15-. The summed E-state index contributed by atoms with van der Waals surface area (Å²) < 4.78 is 16.0. The Morgan fingerprint density at radius 3 is 2.03 bits per heavy atom. The first-order chi connectivity index (χ1) is 15.0. The lowest BCUT2D eigenvalue weighted by Gasteiger charge is -2.09. The normalized spacial score (nSPS) is 10.9. The Bertz CT molecular complexity index is 1040. The number of hydrogen-bond donors (Lipinski definition) is 1. The van der Waals surface area contributed by atoms with Crippen molar-refractivity contribution in [2.75, 3.05) is 13.7 Å². The molecule has 3 aromatic carbocycles. The van der Waals surface area contributed by atoms with Crippen molar-refractivity contribution in [2.45, 2.75) is 6.61 Å². The molecule has 0 radical (unpaired) electrons. The van der Waals surface area contributed by atoms with Crippen LogP contribution in [0.3, 0.4) is 0 Å². The molecule has 0 saturated carbocycles. The summed E-state index contributed by atoms with van der Waals surface area (Å²) in [6.45, 7) is 0.347. The summed E-state index contributed by atoms with van der Waals surface area (Å²) in [5.74, 6) is -0.315. The van der Waals surface area contributed by atoms with E-state index >= 15 is 0 Å². The van der Waals surface area contributed by atoms with Crippen LogP contribution in [0.5, 0.6) is 11.5 Å². The van der Waals surface area contributed by atoms with E-state index in [1.54, 1.807) is 48.5 Å². The van der Waals surface area contributed by atoms with Crippen molar-refractivity contribution in [1.82, 2.24) is 0 Å². The Kier molecular flexibility index (Phi) is 7.43. The molecule has 0 amide bonds. The van der Waals surface area contributed by atoms with E-state index in [1.807, 2.05) is 30.3 Å². The molecule has 1 N–H and O–H groups in total. The van der Waals surface area contributed by atoms with Gasteiger partial charge in [0, 0.05) is 0 Å². The van der Waals surface area contributed by atoms with Gasteiger partial charge in [0.15, 0.2) is 0 Å². The molecule has 0 aliphatic carbocycles. The van der Waals surface area contributed by atoms with Gasteiger partial charge in [0.2, 0.25) is 0 Å². The third-order valence-electron chi connectivity index (χ3n) is 4.41. The van der Waals surface area contributed by atoms with Crippen molar-refractivity contribution < 1.29 is 28.9 Å². The van der Waals surface area contributed by atoms with Gasteiger partial charge in [-0.25, -0.2) is 9.59 Å². The van der Waals surface area contributed by atoms with E-state index in [2.05, 4.69) is 4.74 Å². The van der Waals surface area contributed by atoms with Crippen LogP contribution in [0, 0.1) is 0 Å². The number of aliphatic carboxylic acids is 1. The van der Waals surface area contributed by atoms with Crippen molar-refractivity contribution >= 4 is 18.0 Å². The van der Waals surface area contributed by atoms with Crippen LogP contribution in [0.15, 0.2) is 84.4 Å². The Hall–Kier alpha value is -4.06. The summed E-state index contributed by atoms with van der Waals surface area (Å²) in [7, 11) is 1.30. The first-order valence-electron chi connectivity index (χ1n) is 9.57. The van der Waals surface area contributed by atoms with Crippen molar-refractivity contribution in [3.63, 3.8) is 0 Å². The smallest absolute Gasteiger partial charge is 0.337 e. The van der Waals surface area contributed by atoms with E-state index in [4.69, 9.17) is 9.47 Å². The molecular weight excluding hydrogens is 396 g/mol. The summed E-state index contributed by atoms with van der Waals surface area (Å²) in [6, 6.07) is 23.3. The van der Waals surface area contributed by atoms with Crippen LogP contribution >= 0.6 is 0 Å². The molecule has 3 aromatic rings. The molecule has 0 fully saturated rings. The molecular formula is C25H22O6. The zero-order valence-corrected chi connectivity index (χ0v) is 17.0. The fourth-order valence-corrected chi connectivity index (χ4v) is 2.73. The number of hydrogen-bond acceptors (Lipinski definition) is 5. The molecule has 0 aromatic heterocycles. The number of carboxylic acids is 1. The van der Waals surface area contributed by atoms with Gasteiger partial charge in [0.25, 0.3) is 0 Å². The topological polar surface area (TPSA) is 82.1 Å². The summed E-state index contributed by atoms with van der Waals surface area (Å²) in [5, 5.41) is 9.47. The molecule has 3 rings (SSSR count). The van der Waals surface area contributed by atoms with Crippen LogP contribution in [0.25, 0.3) is 6.08 Å². The molecule has 0 spiro atoms. The largest absolute Gasteiger partial charge is 0.489 e. The number of rotatable bonds is 9. The summed E-state index contributed by atoms with van der Waals surface area (Å²) in [6.07, 6.45) is 1.50. The third kappa shape index (κ3) is 6.47. The monoisotopic (exact) mass is 418 g/mol. The molecule has 0 atom stereocenters. The molecule has 0 aliphatic rings. The average Bonchev–Trinajstić information content (AvgIpc) is 2.81. The van der Waals surface area contributed by atoms with Crippen LogP contribution < -0.4 is 9.47 Å². The molecule has 0 aliphatic heterocycles. The SMILES string of the molecule is COC(=O)c1ccc(/C=C(/COc2ccc(OCc3ccccc3)cc2)C(=O)O)cc1. The maximum Gasteiger partial charge on any atom is 0.337 e. The van der Waals surface area contributed by atoms with Crippen molar-refractivity contribution in [2.24, 2.45) is 0 Å². The fourth-order valence-electron chi connectivity index (χ4n) is 2.73. The van der Waals surface area contributed by atoms with Crippen LogP contribution in [0.4, 0.5) is 0 Å². The van der Waals surface area contributed by atoms with Gasteiger partial charge < -0.3 is 19.3 Å². The molecule has 6 nitrogen and oxygen atoms in total. The fraction of sp³-hybridized carbons (Fsp3) is 0.120. The van der Waals surface area contributed by atoms with E-state index in [0.29, 0.717) is 29.2 Å². The number of carbonyl (C=O) groups is 2. The van der Waals surface area contributed by atoms with E-state index < -0.39 is 11.9 Å². The van der Waals surface area contributed by atoms with Gasteiger partial charge in [-0.3, -0.25) is 0 Å². The number of benzene rings is 3. The molecule has 31 heavy (non-hydrogen) atoms. The summed E-state index contributed by atoms with van der Waals surface area (Å²) >= 11 is 0. The van der Waals surface area contributed by atoms with Crippen molar-refractivity contribution in [3.05, 3.63) is 101 Å². The highest BCUT2D eigenvalue weighted by Gasteiger charge is 2.10. The van der Waals surface area contributed by atoms with Crippen molar-refractivity contribution in [3.8, 4) is 11.5 Å². The number of ether oxygens (including phenoxy) is 3. The van der Waals surface area contributed by atoms with Crippen LogP contribution in [-0.2, 0) is 16.1 Å². The predicted octanol–water partition coefficient (Wildman–Crippen LogP) is 4.60. The molecule has 0 bridgehead atoms. The highest BCUT2D eigenvalue weighted by molar-refractivity contribution is 5.93. The summed E-state index contributed by atoms with van der Waals surface area (Å²) in [5.41, 5.74) is 2.18. The Morgan fingerprint density at radius 1 is 0.839 bits per heavy atom. The number of methoxy groups -OCH3 is 1. The molecule has 158 valence electrons. The Labute approximate surface area is 180 Å². The van der Waals surface area contributed by atoms with E-state index in [-0.39, 0.29) is 12.2 Å². The minimum atomic E-state index is -1.08. The lowest BCUT2D eigenvalue weighted by molar-refractivity contribution is -0.132.